The van der Waals surface area contributed by atoms with Crippen LogP contribution in [0.25, 0.3) is 11.3 Å². The highest BCUT2D eigenvalue weighted by Crippen LogP contribution is 2.21. The van der Waals surface area contributed by atoms with Gasteiger partial charge in [-0.15, -0.1) is 0 Å². The van der Waals surface area contributed by atoms with Crippen molar-refractivity contribution in [1.82, 2.24) is 0 Å². The minimum Gasteiger partial charge on any atom is -0.201 e. The third-order valence-electron chi connectivity index (χ3n) is 2.46. The Kier molecular flexibility index (Phi) is 1.20. The van der Waals surface area contributed by atoms with Crippen molar-refractivity contribution in [1.29, 1.82) is 0 Å². The first kappa shape index (κ1) is 4.70. The zero-order valence-electron chi connectivity index (χ0n) is 17.3. The van der Waals surface area contributed by atoms with Gasteiger partial charge >= 0.3 is 0 Å². The van der Waals surface area contributed by atoms with Gasteiger partial charge < -0.3 is 0 Å². The fourth-order valence-electron chi connectivity index (χ4n) is 1.68. The normalized spacial score (nSPS) is 19.4. The van der Waals surface area contributed by atoms with Gasteiger partial charge in [0.1, 0.15) is 7.05 Å². The summed E-state index contributed by atoms with van der Waals surface area (Å²) in [5, 5.41) is 0. The number of pyridine rings is 1. The van der Waals surface area contributed by atoms with E-state index in [1.165, 1.54) is 24.4 Å². The van der Waals surface area contributed by atoms with Crippen LogP contribution in [0.5, 0.6) is 0 Å². The lowest BCUT2D eigenvalue weighted by Crippen LogP contribution is -2.31. The van der Waals surface area contributed by atoms with Crippen LogP contribution >= 0.6 is 0 Å². The Morgan fingerprint density at radius 1 is 1.19 bits per heavy atom. The molecule has 0 bridgehead atoms. The predicted octanol–water partition coefficient (Wildman–Crippen LogP) is 3.10. The molecule has 0 atom stereocenters. The van der Waals surface area contributed by atoms with E-state index in [1.54, 1.807) is 18.5 Å². The van der Waals surface area contributed by atoms with E-state index in [0.29, 0.717) is 16.8 Å². The van der Waals surface area contributed by atoms with Crippen molar-refractivity contribution in [3.05, 3.63) is 53.2 Å². The number of hydrogen-bond acceptors (Lipinski definition) is 0. The molecule has 1 nitrogen and oxygen atoms in total. The van der Waals surface area contributed by atoms with Gasteiger partial charge in [0.25, 0.3) is 0 Å². The molecule has 1 aromatic carbocycles. The summed E-state index contributed by atoms with van der Waals surface area (Å²) >= 11 is 0. The highest BCUT2D eigenvalue weighted by molar-refractivity contribution is 5.61. The van der Waals surface area contributed by atoms with Gasteiger partial charge in [0, 0.05) is 25.4 Å². The van der Waals surface area contributed by atoms with Gasteiger partial charge in [0.05, 0.1) is 2.74 Å². The van der Waals surface area contributed by atoms with Gasteiger partial charge in [-0.3, -0.25) is 0 Å². The number of aromatic nitrogens is 1. The minimum absolute atomic E-state index is 0.0257. The Morgan fingerprint density at radius 3 is 2.69 bits per heavy atom. The SMILES string of the molecule is [2H]c1cc(-c2c([2H])cc(C([2H])([2H])[2H])cc2C)[n+](C)cc1C([2H])([2H])[2H]. The molecular formula is C15H18N+. The molecule has 0 fully saturated rings. The fraction of sp³-hybridized carbons (Fsp3) is 0.267. The maximum Gasteiger partial charge on any atom is 0.212 e. The topological polar surface area (TPSA) is 3.88 Å². The van der Waals surface area contributed by atoms with Crippen LogP contribution in [0, 0.1) is 20.6 Å². The zero-order chi connectivity index (χ0) is 18.4. The van der Waals surface area contributed by atoms with Crippen molar-refractivity contribution in [2.24, 2.45) is 7.05 Å². The molecule has 0 radical (unpaired) electrons. The van der Waals surface area contributed by atoms with E-state index in [1.807, 2.05) is 0 Å². The van der Waals surface area contributed by atoms with E-state index in [0.717, 1.165) is 0 Å². The molecule has 0 N–H and O–H groups in total. The third kappa shape index (κ3) is 1.99. The molecule has 0 unspecified atom stereocenters. The van der Waals surface area contributed by atoms with Crippen LogP contribution in [0.15, 0.2) is 36.5 Å². The lowest BCUT2D eigenvalue weighted by molar-refractivity contribution is -0.660. The maximum absolute atomic E-state index is 8.18. The van der Waals surface area contributed by atoms with Gasteiger partial charge in [0.2, 0.25) is 5.69 Å². The molecule has 2 rings (SSSR count). The van der Waals surface area contributed by atoms with E-state index in [2.05, 4.69) is 0 Å². The van der Waals surface area contributed by atoms with Crippen molar-refractivity contribution in [3.8, 4) is 11.3 Å². The molecule has 16 heavy (non-hydrogen) atoms. The number of hydrogen-bond donors (Lipinski definition) is 0. The van der Waals surface area contributed by atoms with Crippen molar-refractivity contribution < 1.29 is 15.5 Å². The van der Waals surface area contributed by atoms with Gasteiger partial charge in [-0.25, -0.2) is 4.57 Å². The molecule has 0 aliphatic rings. The maximum atomic E-state index is 8.18. The van der Waals surface area contributed by atoms with E-state index < -0.39 is 13.7 Å². The molecule has 1 heterocycles. The molecule has 0 amide bonds. The molecule has 2 aromatic rings. The second-order valence-electron chi connectivity index (χ2n) is 3.77. The van der Waals surface area contributed by atoms with E-state index in [4.69, 9.17) is 11.0 Å². The third-order valence-corrected chi connectivity index (χ3v) is 2.46. The Hall–Kier alpha value is -1.63. The van der Waals surface area contributed by atoms with Crippen LogP contribution in [0.4, 0.5) is 0 Å². The Labute approximate surface area is 109 Å². The van der Waals surface area contributed by atoms with E-state index >= 15 is 0 Å². The lowest BCUT2D eigenvalue weighted by atomic mass is 10.0. The molecule has 0 aliphatic carbocycles. The highest BCUT2D eigenvalue weighted by Gasteiger charge is 2.11. The zero-order valence-corrected chi connectivity index (χ0v) is 9.26. The average molecular weight is 220 g/mol. The summed E-state index contributed by atoms with van der Waals surface area (Å²) < 4.78 is 62.5. The van der Waals surface area contributed by atoms with E-state index in [-0.39, 0.29) is 23.2 Å². The fourth-order valence-corrected chi connectivity index (χ4v) is 1.68. The summed E-state index contributed by atoms with van der Waals surface area (Å²) in [6, 6.07) is 4.08. The second kappa shape index (κ2) is 4.09. The number of aryl methyl sites for hydroxylation is 4. The minimum atomic E-state index is -2.39. The Bertz CT molecular complexity index is 766. The van der Waals surface area contributed by atoms with Gasteiger partial charge in [0.15, 0.2) is 6.20 Å². The first-order valence-corrected chi connectivity index (χ1v) is 4.95. The summed E-state index contributed by atoms with van der Waals surface area (Å²) in [7, 11) is 1.64. The van der Waals surface area contributed by atoms with Gasteiger partial charge in [-0.05, 0) is 38.3 Å². The van der Waals surface area contributed by atoms with Crippen molar-refractivity contribution in [2.45, 2.75) is 20.6 Å². The van der Waals surface area contributed by atoms with Gasteiger partial charge in [-0.2, -0.15) is 0 Å². The summed E-state index contributed by atoms with van der Waals surface area (Å²) in [6.07, 6.45) is 1.36. The van der Waals surface area contributed by atoms with Crippen molar-refractivity contribution >= 4 is 0 Å². The Morgan fingerprint density at radius 2 is 2.00 bits per heavy atom. The van der Waals surface area contributed by atoms with Crippen LogP contribution < -0.4 is 4.57 Å². The lowest BCUT2D eigenvalue weighted by Gasteiger charge is -2.05. The predicted molar refractivity (Wildman–Crippen MR) is 67.3 cm³/mol. The van der Waals surface area contributed by atoms with Crippen molar-refractivity contribution in [3.63, 3.8) is 0 Å². The number of rotatable bonds is 1. The monoisotopic (exact) mass is 220 g/mol. The summed E-state index contributed by atoms with van der Waals surface area (Å²) in [4.78, 5) is 0. The van der Waals surface area contributed by atoms with Crippen LogP contribution in [0.2, 0.25) is 0 Å². The molecule has 82 valence electrons. The largest absolute Gasteiger partial charge is 0.212 e. The summed E-state index contributed by atoms with van der Waals surface area (Å²) in [6.45, 7) is -2.99. The van der Waals surface area contributed by atoms with Crippen LogP contribution in [0.3, 0.4) is 0 Å². The average Bonchev–Trinajstić information content (AvgIpc) is 2.39. The molecule has 1 heteroatoms. The molecular weight excluding hydrogens is 194 g/mol. The van der Waals surface area contributed by atoms with Gasteiger partial charge in [-0.1, -0.05) is 17.7 Å². The molecule has 0 spiro atoms. The first-order valence-electron chi connectivity index (χ1n) is 8.95. The summed E-state index contributed by atoms with van der Waals surface area (Å²) in [5.41, 5.74) is 1.58. The number of benzene rings is 1. The van der Waals surface area contributed by atoms with Crippen molar-refractivity contribution in [2.75, 3.05) is 0 Å². The van der Waals surface area contributed by atoms with E-state index in [9.17, 15) is 0 Å². The molecule has 0 saturated heterocycles. The smallest absolute Gasteiger partial charge is 0.201 e. The molecule has 1 aromatic heterocycles. The summed E-state index contributed by atoms with van der Waals surface area (Å²) in [5.74, 6) is 0. The van der Waals surface area contributed by atoms with Crippen LogP contribution in [-0.2, 0) is 7.05 Å². The molecule has 0 saturated carbocycles. The van der Waals surface area contributed by atoms with Crippen LogP contribution in [0.1, 0.15) is 27.7 Å². The second-order valence-corrected chi connectivity index (χ2v) is 3.77. The number of nitrogens with zero attached hydrogens (tertiary/aromatic N) is 1. The standard InChI is InChI=1S/C15H18N/c1-11-5-7-14(13(3)9-11)15-8-6-12(2)10-16(15)4/h5-10H,1-4H3/q+1/i1D3,2D3,6D,7D. The highest BCUT2D eigenvalue weighted by atomic mass is 14.9. The first-order chi connectivity index (χ1) is 10.8. The quantitative estimate of drug-likeness (QED) is 0.650. The van der Waals surface area contributed by atoms with Crippen LogP contribution in [-0.4, -0.2) is 0 Å². The molecule has 0 aliphatic heterocycles. The Balaban J connectivity index is 2.68.